The highest BCUT2D eigenvalue weighted by atomic mass is 32.2. The van der Waals surface area contributed by atoms with E-state index in [1.807, 2.05) is 35.8 Å². The number of thioether (sulfide) groups is 1. The van der Waals surface area contributed by atoms with Gasteiger partial charge in [-0.2, -0.15) is 0 Å². The molecule has 1 aromatic heterocycles. The number of aryl methyl sites for hydroxylation is 2. The molecule has 1 aromatic carbocycles. The molecule has 0 unspecified atom stereocenters. The third-order valence-electron chi connectivity index (χ3n) is 2.79. The normalized spacial score (nSPS) is 10.5. The standard InChI is InChI=1S/C15H19N3OS/c1-4-8-18-13(3)16-17-15(18)20-10-9-19-14-7-5-6-12(2)11-14/h4-7,11H,1,8-10H2,2-3H3. The predicted molar refractivity (Wildman–Crippen MR) is 82.4 cm³/mol. The van der Waals surface area contributed by atoms with E-state index < -0.39 is 0 Å². The highest BCUT2D eigenvalue weighted by Crippen LogP contribution is 2.18. The minimum absolute atomic E-state index is 0.647. The van der Waals surface area contributed by atoms with Crippen molar-refractivity contribution in [3.05, 3.63) is 48.3 Å². The molecular formula is C15H19N3OS. The Labute approximate surface area is 123 Å². The molecule has 0 amide bonds. The molecule has 0 aliphatic heterocycles. The van der Waals surface area contributed by atoms with Gasteiger partial charge in [0.15, 0.2) is 5.16 Å². The zero-order valence-corrected chi connectivity index (χ0v) is 12.7. The lowest BCUT2D eigenvalue weighted by atomic mass is 10.2. The molecule has 4 nitrogen and oxygen atoms in total. The van der Waals surface area contributed by atoms with Crippen LogP contribution in [0.1, 0.15) is 11.4 Å². The van der Waals surface area contributed by atoms with Crippen LogP contribution in [0.3, 0.4) is 0 Å². The van der Waals surface area contributed by atoms with E-state index in [0.29, 0.717) is 6.61 Å². The third kappa shape index (κ3) is 3.87. The Morgan fingerprint density at radius 2 is 2.20 bits per heavy atom. The van der Waals surface area contributed by atoms with E-state index in [-0.39, 0.29) is 0 Å². The molecule has 0 atom stereocenters. The zero-order chi connectivity index (χ0) is 14.4. The quantitative estimate of drug-likeness (QED) is 0.445. The van der Waals surface area contributed by atoms with Gasteiger partial charge >= 0.3 is 0 Å². The van der Waals surface area contributed by atoms with Gasteiger partial charge in [-0.05, 0) is 31.5 Å². The summed E-state index contributed by atoms with van der Waals surface area (Å²) in [5.41, 5.74) is 1.21. The third-order valence-corrected chi connectivity index (χ3v) is 3.72. The molecular weight excluding hydrogens is 270 g/mol. The van der Waals surface area contributed by atoms with Gasteiger partial charge in [-0.1, -0.05) is 30.0 Å². The Balaban J connectivity index is 1.83. The molecule has 0 fully saturated rings. The van der Waals surface area contributed by atoms with Crippen LogP contribution in [0.2, 0.25) is 0 Å². The van der Waals surface area contributed by atoms with Gasteiger partial charge in [0, 0.05) is 12.3 Å². The second kappa shape index (κ2) is 7.14. The van der Waals surface area contributed by atoms with Crippen LogP contribution in [0, 0.1) is 13.8 Å². The van der Waals surface area contributed by atoms with Crippen molar-refractivity contribution in [1.29, 1.82) is 0 Å². The van der Waals surface area contributed by atoms with Crippen molar-refractivity contribution < 1.29 is 4.74 Å². The fraction of sp³-hybridized carbons (Fsp3) is 0.333. The molecule has 20 heavy (non-hydrogen) atoms. The lowest BCUT2D eigenvalue weighted by molar-refractivity contribution is 0.343. The Morgan fingerprint density at radius 3 is 2.95 bits per heavy atom. The van der Waals surface area contributed by atoms with Crippen molar-refractivity contribution >= 4 is 11.8 Å². The summed E-state index contributed by atoms with van der Waals surface area (Å²) in [5.74, 6) is 2.66. The van der Waals surface area contributed by atoms with E-state index in [4.69, 9.17) is 4.74 Å². The van der Waals surface area contributed by atoms with E-state index in [1.165, 1.54) is 5.56 Å². The highest BCUT2D eigenvalue weighted by Gasteiger charge is 2.07. The number of benzene rings is 1. The van der Waals surface area contributed by atoms with Crippen molar-refractivity contribution in [3.63, 3.8) is 0 Å². The van der Waals surface area contributed by atoms with Gasteiger partial charge in [-0.15, -0.1) is 16.8 Å². The van der Waals surface area contributed by atoms with Crippen LogP contribution in [0.5, 0.6) is 5.75 Å². The van der Waals surface area contributed by atoms with Gasteiger partial charge in [0.25, 0.3) is 0 Å². The van der Waals surface area contributed by atoms with Crippen LogP contribution >= 0.6 is 11.8 Å². The topological polar surface area (TPSA) is 39.9 Å². The van der Waals surface area contributed by atoms with Gasteiger partial charge in [0.05, 0.1) is 6.61 Å². The monoisotopic (exact) mass is 289 g/mol. The summed E-state index contributed by atoms with van der Waals surface area (Å²) < 4.78 is 7.76. The average Bonchev–Trinajstić information content (AvgIpc) is 2.77. The van der Waals surface area contributed by atoms with E-state index in [1.54, 1.807) is 11.8 Å². The number of nitrogens with zero attached hydrogens (tertiary/aromatic N) is 3. The van der Waals surface area contributed by atoms with Crippen LogP contribution in [0.4, 0.5) is 0 Å². The van der Waals surface area contributed by atoms with Crippen molar-refractivity contribution in [1.82, 2.24) is 14.8 Å². The summed E-state index contributed by atoms with van der Waals surface area (Å²) in [6.45, 7) is 9.14. The molecule has 0 aliphatic carbocycles. The number of allylic oxidation sites excluding steroid dienone is 1. The maximum Gasteiger partial charge on any atom is 0.191 e. The van der Waals surface area contributed by atoms with Gasteiger partial charge in [-0.3, -0.25) is 0 Å². The molecule has 0 aliphatic rings. The molecule has 0 radical (unpaired) electrons. The first kappa shape index (κ1) is 14.7. The molecule has 106 valence electrons. The maximum absolute atomic E-state index is 5.72. The van der Waals surface area contributed by atoms with Crippen LogP contribution < -0.4 is 4.74 Å². The summed E-state index contributed by atoms with van der Waals surface area (Å²) in [7, 11) is 0. The Morgan fingerprint density at radius 1 is 1.35 bits per heavy atom. The molecule has 0 saturated carbocycles. The Hall–Kier alpha value is -1.75. The Bertz CT molecular complexity index is 580. The number of hydrogen-bond donors (Lipinski definition) is 0. The van der Waals surface area contributed by atoms with Crippen LogP contribution in [0.15, 0.2) is 42.1 Å². The molecule has 0 saturated heterocycles. The molecule has 2 rings (SSSR count). The van der Waals surface area contributed by atoms with Gasteiger partial charge in [0.1, 0.15) is 11.6 Å². The molecule has 0 spiro atoms. The summed E-state index contributed by atoms with van der Waals surface area (Å²) >= 11 is 1.65. The molecule has 5 heteroatoms. The molecule has 0 bridgehead atoms. The number of aromatic nitrogens is 3. The maximum atomic E-state index is 5.72. The zero-order valence-electron chi connectivity index (χ0n) is 11.9. The first-order valence-electron chi connectivity index (χ1n) is 6.53. The molecule has 0 N–H and O–H groups in total. The van der Waals surface area contributed by atoms with E-state index in [0.717, 1.165) is 29.0 Å². The number of hydrogen-bond acceptors (Lipinski definition) is 4. The summed E-state index contributed by atoms with van der Waals surface area (Å²) in [4.78, 5) is 0. The predicted octanol–water partition coefficient (Wildman–Crippen LogP) is 3.25. The van der Waals surface area contributed by atoms with Gasteiger partial charge in [-0.25, -0.2) is 0 Å². The van der Waals surface area contributed by atoms with E-state index in [2.05, 4.69) is 29.8 Å². The van der Waals surface area contributed by atoms with Crippen molar-refractivity contribution in [2.45, 2.75) is 25.5 Å². The first-order chi connectivity index (χ1) is 9.70. The fourth-order valence-corrected chi connectivity index (χ4v) is 2.62. The van der Waals surface area contributed by atoms with Gasteiger partial charge in [0.2, 0.25) is 0 Å². The minimum atomic E-state index is 0.647. The van der Waals surface area contributed by atoms with Crippen molar-refractivity contribution in [2.24, 2.45) is 0 Å². The van der Waals surface area contributed by atoms with E-state index >= 15 is 0 Å². The summed E-state index contributed by atoms with van der Waals surface area (Å²) in [5, 5.41) is 9.17. The SMILES string of the molecule is C=CCn1c(C)nnc1SCCOc1cccc(C)c1. The van der Waals surface area contributed by atoms with Crippen molar-refractivity contribution in [3.8, 4) is 5.75 Å². The summed E-state index contributed by atoms with van der Waals surface area (Å²) in [6.07, 6.45) is 1.85. The lowest BCUT2D eigenvalue weighted by Gasteiger charge is -2.07. The smallest absolute Gasteiger partial charge is 0.191 e. The van der Waals surface area contributed by atoms with Crippen LogP contribution in [-0.4, -0.2) is 27.1 Å². The lowest BCUT2D eigenvalue weighted by Crippen LogP contribution is -2.04. The van der Waals surface area contributed by atoms with Crippen LogP contribution in [0.25, 0.3) is 0 Å². The number of rotatable bonds is 7. The summed E-state index contributed by atoms with van der Waals surface area (Å²) in [6, 6.07) is 8.07. The Kier molecular flexibility index (Phi) is 5.24. The number of ether oxygens (including phenoxy) is 1. The average molecular weight is 289 g/mol. The highest BCUT2D eigenvalue weighted by molar-refractivity contribution is 7.99. The second-order valence-corrected chi connectivity index (χ2v) is 5.50. The van der Waals surface area contributed by atoms with E-state index in [9.17, 15) is 0 Å². The minimum Gasteiger partial charge on any atom is -0.493 e. The molecule has 1 heterocycles. The van der Waals surface area contributed by atoms with Gasteiger partial charge < -0.3 is 9.30 Å². The largest absolute Gasteiger partial charge is 0.493 e. The first-order valence-corrected chi connectivity index (χ1v) is 7.52. The molecule has 2 aromatic rings. The fourth-order valence-electron chi connectivity index (χ4n) is 1.81. The van der Waals surface area contributed by atoms with Crippen LogP contribution in [-0.2, 0) is 6.54 Å². The second-order valence-electron chi connectivity index (χ2n) is 4.44. The van der Waals surface area contributed by atoms with Crippen molar-refractivity contribution in [2.75, 3.05) is 12.4 Å².